The highest BCUT2D eigenvalue weighted by Crippen LogP contribution is 2.39. The number of H-pyrrole nitrogens is 3. The van der Waals surface area contributed by atoms with Crippen LogP contribution >= 0.6 is 35.3 Å². The number of carbonyl (C=O) groups excluding carboxylic acids is 2. The van der Waals surface area contributed by atoms with E-state index in [2.05, 4.69) is 203 Å². The molecule has 0 aliphatic carbocycles. The van der Waals surface area contributed by atoms with Gasteiger partial charge in [0.1, 0.15) is 11.5 Å². The number of anilines is 4. The summed E-state index contributed by atoms with van der Waals surface area (Å²) in [4.78, 5) is 76.9. The summed E-state index contributed by atoms with van der Waals surface area (Å²) in [5, 5.41) is 18.5. The molecule has 0 saturated heterocycles. The van der Waals surface area contributed by atoms with Gasteiger partial charge in [-0.2, -0.15) is 0 Å². The van der Waals surface area contributed by atoms with E-state index in [0.717, 1.165) is 233 Å². The minimum atomic E-state index is -0.794. The average Bonchev–Trinajstić information content (AvgIpc) is 1.66. The summed E-state index contributed by atoms with van der Waals surface area (Å²) >= 11 is 5.26. The van der Waals surface area contributed by atoms with Gasteiger partial charge in [-0.3, -0.25) is 0 Å². The number of carbonyl (C=O) groups is 3. The molecule has 0 aliphatic heterocycles. The summed E-state index contributed by atoms with van der Waals surface area (Å²) in [7, 11) is 19.8. The molecule has 24 heteroatoms. The molecule has 9 aromatic rings. The van der Waals surface area contributed by atoms with Gasteiger partial charge in [0.2, 0.25) is 0 Å². The summed E-state index contributed by atoms with van der Waals surface area (Å²) in [6.07, 6.45) is 26.3. The smallest absolute Gasteiger partial charge is 0.407 e. The number of rotatable bonds is 53. The fourth-order valence-corrected chi connectivity index (χ4v) is 16.9. The Morgan fingerprint density at radius 2 is 0.556 bits per heavy atom. The molecule has 0 radical (unpaired) electrons. The first-order valence-corrected chi connectivity index (χ1v) is 48.6. The van der Waals surface area contributed by atoms with Crippen LogP contribution in [0.25, 0.3) is 67.5 Å². The van der Waals surface area contributed by atoms with Crippen molar-refractivity contribution in [3.05, 3.63) is 146 Å². The zero-order valence-electron chi connectivity index (χ0n) is 78.0. The Kier molecular flexibility index (Phi) is 46.4. The standard InChI is InChI=1S/C35H54N6OS.C33H48N4O3S.C32H47N5O2S/c1-8-9-10-11-13-24-41(35(42)36-27(2)3)25-14-12-15-26-43-34-37-32(28-16-20-30(21-17-28)39(4)5)33(38-34)29-18-22-31(23-19-29)40(6)7;1-6-7-8-9-11-22-37(33(38)34-25(2)3)23-12-10-13-24-41-32-35-30(26-14-18-28(39-4)19-15-26)31(36-32)27-16-20-29(40-5)21-17-27;1-6-7-8-9-11-22-37(32(38)39)23-12-10-13-24-40-31-33-29(25-14-18-27(19-15-25)35(2)3)30(34-31)26-16-20-28(21-17-26)36(4)5/h16-23,27H,8-15,24-26H2,1-7H3,(H,36,42)(H,37,38);14-21,25H,6-13,22-24H2,1-5H3,(H,34,38)(H,35,36);14-21H,6-13,22-24H2,1-5H3,(H,33,34)(H,38,39). The van der Waals surface area contributed by atoms with E-state index >= 15 is 0 Å². The number of urea groups is 2. The molecular formula is C100H149N15O6S3. The molecule has 3 heterocycles. The lowest BCUT2D eigenvalue weighted by atomic mass is 10.0. The van der Waals surface area contributed by atoms with Crippen molar-refractivity contribution < 1.29 is 29.0 Å². The van der Waals surface area contributed by atoms with Gasteiger partial charge in [0.05, 0.1) is 48.4 Å². The lowest BCUT2D eigenvalue weighted by Gasteiger charge is -2.24. The van der Waals surface area contributed by atoms with Crippen LogP contribution in [-0.2, 0) is 0 Å². The van der Waals surface area contributed by atoms with Gasteiger partial charge in [-0.1, -0.05) is 201 Å². The van der Waals surface area contributed by atoms with Crippen LogP contribution in [0.5, 0.6) is 11.5 Å². The first-order chi connectivity index (χ1) is 59.9. The van der Waals surface area contributed by atoms with Gasteiger partial charge in [0.15, 0.2) is 15.5 Å². The number of methoxy groups -OCH3 is 2. The largest absolute Gasteiger partial charge is 0.497 e. The highest BCUT2D eigenvalue weighted by molar-refractivity contribution is 7.99. The fraction of sp³-hybridized carbons (Fsp3) is 0.520. The number of hydrogen-bond acceptors (Lipinski definition) is 15. The van der Waals surface area contributed by atoms with Crippen LogP contribution in [0.2, 0.25) is 0 Å². The zero-order chi connectivity index (χ0) is 89.6. The van der Waals surface area contributed by atoms with Crippen LogP contribution in [0.15, 0.2) is 161 Å². The maximum Gasteiger partial charge on any atom is 0.407 e. The molecule has 0 spiro atoms. The number of aromatic amines is 3. The van der Waals surface area contributed by atoms with Gasteiger partial charge in [0, 0.05) is 181 Å². The number of benzene rings is 6. The number of aromatic nitrogens is 6. The third-order valence-corrected chi connectivity index (χ3v) is 24.5. The third kappa shape index (κ3) is 35.6. The molecule has 0 saturated carbocycles. The predicted octanol–water partition coefficient (Wildman–Crippen LogP) is 25.0. The average molecular weight is 1750 g/mol. The van der Waals surface area contributed by atoms with Gasteiger partial charge in [-0.15, -0.1) is 0 Å². The second kappa shape index (κ2) is 56.6. The molecule has 3 aromatic heterocycles. The van der Waals surface area contributed by atoms with Gasteiger partial charge >= 0.3 is 18.2 Å². The van der Waals surface area contributed by atoms with Gasteiger partial charge in [-0.05, 0) is 183 Å². The maximum absolute atomic E-state index is 12.7. The molecule has 0 bridgehead atoms. The lowest BCUT2D eigenvalue weighted by Crippen LogP contribution is -2.43. The lowest BCUT2D eigenvalue weighted by molar-refractivity contribution is 0.143. The second-order valence-electron chi connectivity index (χ2n) is 33.4. The molecule has 21 nitrogen and oxygen atoms in total. The van der Waals surface area contributed by atoms with E-state index in [1.807, 2.05) is 102 Å². The van der Waals surface area contributed by atoms with E-state index < -0.39 is 6.09 Å². The molecule has 6 N–H and O–H groups in total. The number of ether oxygens (including phenoxy) is 2. The van der Waals surface area contributed by atoms with Crippen molar-refractivity contribution in [1.29, 1.82) is 0 Å². The molecule has 0 unspecified atom stereocenters. The molecule has 0 fully saturated rings. The minimum Gasteiger partial charge on any atom is -0.497 e. The first kappa shape index (κ1) is 102. The quantitative estimate of drug-likeness (QED) is 0.0154. The van der Waals surface area contributed by atoms with Crippen molar-refractivity contribution in [3.8, 4) is 79.0 Å². The Balaban J connectivity index is 0.000000256. The molecule has 5 amide bonds. The van der Waals surface area contributed by atoms with Gasteiger partial charge < -0.3 is 74.5 Å². The number of hydrogen-bond donors (Lipinski definition) is 6. The summed E-state index contributed by atoms with van der Waals surface area (Å²) in [5.41, 5.74) is 17.1. The van der Waals surface area contributed by atoms with Crippen molar-refractivity contribution in [2.75, 3.05) is 147 Å². The highest BCUT2D eigenvalue weighted by Gasteiger charge is 2.22. The van der Waals surface area contributed by atoms with Gasteiger partial charge in [0.25, 0.3) is 0 Å². The monoisotopic (exact) mass is 1750 g/mol. The molecule has 0 aliphatic rings. The van der Waals surface area contributed by atoms with E-state index in [-0.39, 0.29) is 24.1 Å². The van der Waals surface area contributed by atoms with Crippen LogP contribution in [0.3, 0.4) is 0 Å². The van der Waals surface area contributed by atoms with Crippen LogP contribution in [0.4, 0.5) is 37.1 Å². The third-order valence-electron chi connectivity index (χ3n) is 21.6. The molecular weight excluding hydrogens is 1600 g/mol. The number of nitrogens with zero attached hydrogens (tertiary/aromatic N) is 10. The second-order valence-corrected chi connectivity index (χ2v) is 36.7. The van der Waals surface area contributed by atoms with E-state index in [9.17, 15) is 19.5 Å². The van der Waals surface area contributed by atoms with Crippen LogP contribution < -0.4 is 39.7 Å². The molecule has 6 aromatic carbocycles. The Morgan fingerprint density at radius 3 is 0.790 bits per heavy atom. The Labute approximate surface area is 757 Å². The molecule has 9 rings (SSSR count). The van der Waals surface area contributed by atoms with Crippen molar-refractivity contribution in [2.24, 2.45) is 0 Å². The van der Waals surface area contributed by atoms with Crippen molar-refractivity contribution in [2.45, 2.75) is 230 Å². The minimum absolute atomic E-state index is 0.0672. The van der Waals surface area contributed by atoms with Crippen molar-refractivity contribution >= 4 is 76.2 Å². The number of imidazole rings is 3. The number of amides is 5. The highest BCUT2D eigenvalue weighted by atomic mass is 32.2. The number of thioether (sulfide) groups is 3. The number of carboxylic acid groups (broad SMARTS) is 1. The van der Waals surface area contributed by atoms with E-state index in [1.165, 1.54) is 82.0 Å². The van der Waals surface area contributed by atoms with E-state index in [0.29, 0.717) is 13.1 Å². The summed E-state index contributed by atoms with van der Waals surface area (Å²) in [6, 6.07) is 50.8. The number of unbranched alkanes of at least 4 members (excludes halogenated alkanes) is 18. The van der Waals surface area contributed by atoms with E-state index in [4.69, 9.17) is 24.4 Å². The Morgan fingerprint density at radius 1 is 0.331 bits per heavy atom. The fourth-order valence-electron chi connectivity index (χ4n) is 14.3. The van der Waals surface area contributed by atoms with Crippen molar-refractivity contribution in [1.82, 2.24) is 55.2 Å². The Bertz CT molecular complexity index is 4230. The van der Waals surface area contributed by atoms with Crippen LogP contribution in [0, 0.1) is 0 Å². The zero-order valence-corrected chi connectivity index (χ0v) is 80.5. The summed E-state index contributed by atoms with van der Waals surface area (Å²) in [6.45, 7) is 19.3. The van der Waals surface area contributed by atoms with Crippen LogP contribution in [-0.4, -0.2) is 207 Å². The topological polar surface area (TPSA) is 223 Å². The summed E-state index contributed by atoms with van der Waals surface area (Å²) < 4.78 is 10.7. The molecule has 678 valence electrons. The van der Waals surface area contributed by atoms with Crippen LogP contribution in [0.1, 0.15) is 203 Å². The predicted molar refractivity (Wildman–Crippen MR) is 529 cm³/mol. The first-order valence-electron chi connectivity index (χ1n) is 45.6. The summed E-state index contributed by atoms with van der Waals surface area (Å²) in [5.74, 6) is 4.54. The molecule has 0 atom stereocenters. The Hall–Kier alpha value is -9.39. The normalized spacial score (nSPS) is 11.1. The maximum atomic E-state index is 12.7. The van der Waals surface area contributed by atoms with E-state index in [1.54, 1.807) is 54.4 Å². The number of nitrogens with one attached hydrogen (secondary N) is 5. The molecule has 124 heavy (non-hydrogen) atoms. The van der Waals surface area contributed by atoms with Crippen molar-refractivity contribution in [3.63, 3.8) is 0 Å². The SMILES string of the molecule is CCCCCCCN(CCCCCSc1nc(-c2ccc(N(C)C)cc2)c(-c2ccc(N(C)C)cc2)[nH]1)C(=O)NC(C)C.CCCCCCCN(CCCCCSc1nc(-c2ccc(N(C)C)cc2)c(-c2ccc(N(C)C)cc2)[nH]1)C(=O)O.CCCCCCCN(CCCCCSc1nc(-c2ccc(OC)cc2)c(-c2ccc(OC)cc2)[nH]1)C(=O)NC(C)C. The van der Waals surface area contributed by atoms with Gasteiger partial charge in [-0.25, -0.2) is 29.3 Å².